The first kappa shape index (κ1) is 18.8. The van der Waals surface area contributed by atoms with Crippen molar-refractivity contribution in [3.8, 4) is 0 Å². The minimum Gasteiger partial charge on any atom is -0.317 e. The standard InChI is InChI=1S/C16H17F2N3OS.ClH/c17-12-4-3-10(8-13(12)18)7-11-9-20-15(23-11)21-14(22)16(19)5-1-2-6-16;/h3-4,8-9H,1-2,5-7,19H2,(H,20,21,22);1H. The Morgan fingerprint density at radius 1 is 1.29 bits per heavy atom. The highest BCUT2D eigenvalue weighted by molar-refractivity contribution is 7.15. The summed E-state index contributed by atoms with van der Waals surface area (Å²) in [7, 11) is 0. The van der Waals surface area contributed by atoms with E-state index in [2.05, 4.69) is 10.3 Å². The smallest absolute Gasteiger partial charge is 0.246 e. The summed E-state index contributed by atoms with van der Waals surface area (Å²) in [4.78, 5) is 17.2. The van der Waals surface area contributed by atoms with Gasteiger partial charge in [0.2, 0.25) is 5.91 Å². The Labute approximate surface area is 148 Å². The molecule has 0 spiro atoms. The van der Waals surface area contributed by atoms with Crippen molar-refractivity contribution in [3.63, 3.8) is 0 Å². The molecule has 0 radical (unpaired) electrons. The summed E-state index contributed by atoms with van der Waals surface area (Å²) in [6.07, 6.45) is 5.35. The van der Waals surface area contributed by atoms with Crippen molar-refractivity contribution in [2.75, 3.05) is 5.32 Å². The lowest BCUT2D eigenvalue weighted by Crippen LogP contribution is -2.48. The van der Waals surface area contributed by atoms with Gasteiger partial charge in [0.1, 0.15) is 0 Å². The number of rotatable bonds is 4. The summed E-state index contributed by atoms with van der Waals surface area (Å²) < 4.78 is 26.1. The van der Waals surface area contributed by atoms with Gasteiger partial charge in [-0.1, -0.05) is 18.9 Å². The first-order valence-electron chi connectivity index (χ1n) is 7.45. The molecule has 0 unspecified atom stereocenters. The lowest BCUT2D eigenvalue weighted by molar-refractivity contribution is -0.121. The molecular weight excluding hydrogens is 356 g/mol. The molecule has 8 heteroatoms. The van der Waals surface area contributed by atoms with Gasteiger partial charge in [-0.3, -0.25) is 4.79 Å². The minimum absolute atomic E-state index is 0. The van der Waals surface area contributed by atoms with Crippen molar-refractivity contribution in [2.45, 2.75) is 37.6 Å². The van der Waals surface area contributed by atoms with Crippen LogP contribution < -0.4 is 11.1 Å². The topological polar surface area (TPSA) is 68.0 Å². The third-order valence-electron chi connectivity index (χ3n) is 4.08. The number of halogens is 3. The molecule has 3 N–H and O–H groups in total. The predicted octanol–water partition coefficient (Wildman–Crippen LogP) is 3.64. The van der Waals surface area contributed by atoms with Crippen molar-refractivity contribution < 1.29 is 13.6 Å². The van der Waals surface area contributed by atoms with Gasteiger partial charge in [0.25, 0.3) is 0 Å². The lowest BCUT2D eigenvalue weighted by Gasteiger charge is -2.21. The number of amides is 1. The van der Waals surface area contributed by atoms with E-state index in [9.17, 15) is 13.6 Å². The number of benzene rings is 1. The maximum atomic E-state index is 13.2. The number of carbonyl (C=O) groups excluding carboxylic acids is 1. The molecule has 1 aliphatic carbocycles. The molecule has 1 aromatic heterocycles. The predicted molar refractivity (Wildman–Crippen MR) is 92.5 cm³/mol. The molecule has 1 fully saturated rings. The van der Waals surface area contributed by atoms with E-state index in [0.29, 0.717) is 30.0 Å². The van der Waals surface area contributed by atoms with Crippen LogP contribution in [-0.2, 0) is 11.2 Å². The molecule has 1 aromatic carbocycles. The summed E-state index contributed by atoms with van der Waals surface area (Å²) in [5.41, 5.74) is 5.95. The van der Waals surface area contributed by atoms with E-state index in [4.69, 9.17) is 5.73 Å². The Hall–Kier alpha value is -1.57. The highest BCUT2D eigenvalue weighted by atomic mass is 35.5. The van der Waals surface area contributed by atoms with Gasteiger partial charge in [0.05, 0.1) is 5.54 Å². The van der Waals surface area contributed by atoms with E-state index in [1.54, 1.807) is 6.20 Å². The molecular formula is C16H18ClF2N3OS. The number of anilines is 1. The number of carbonyl (C=O) groups is 1. The third kappa shape index (κ3) is 4.09. The Morgan fingerprint density at radius 2 is 2.00 bits per heavy atom. The van der Waals surface area contributed by atoms with E-state index >= 15 is 0 Å². The van der Waals surface area contributed by atoms with E-state index in [1.165, 1.54) is 23.5 Å². The van der Waals surface area contributed by atoms with Crippen molar-refractivity contribution >= 4 is 34.8 Å². The Balaban J connectivity index is 0.00000208. The molecule has 1 aliphatic rings. The Kier molecular flexibility index (Phi) is 5.90. The molecule has 1 saturated carbocycles. The molecule has 0 saturated heterocycles. The SMILES string of the molecule is Cl.NC1(C(=O)Nc2ncc(Cc3ccc(F)c(F)c3)s2)CCCC1. The van der Waals surface area contributed by atoms with E-state index in [0.717, 1.165) is 23.8 Å². The van der Waals surface area contributed by atoms with Gasteiger partial charge in [-0.25, -0.2) is 13.8 Å². The maximum Gasteiger partial charge on any atom is 0.246 e. The van der Waals surface area contributed by atoms with Crippen LogP contribution in [0.1, 0.15) is 36.1 Å². The number of thiazole rings is 1. The first-order valence-corrected chi connectivity index (χ1v) is 8.27. The number of nitrogens with two attached hydrogens (primary N) is 1. The van der Waals surface area contributed by atoms with Gasteiger partial charge in [0, 0.05) is 17.5 Å². The first-order chi connectivity index (χ1) is 11.0. The Morgan fingerprint density at radius 3 is 2.67 bits per heavy atom. The van der Waals surface area contributed by atoms with Crippen molar-refractivity contribution in [2.24, 2.45) is 5.73 Å². The monoisotopic (exact) mass is 373 g/mol. The van der Waals surface area contributed by atoms with Crippen molar-refractivity contribution in [1.82, 2.24) is 4.98 Å². The van der Waals surface area contributed by atoms with Gasteiger partial charge in [-0.05, 0) is 30.5 Å². The van der Waals surface area contributed by atoms with Crippen LogP contribution in [0.2, 0.25) is 0 Å². The average molecular weight is 374 g/mol. The second-order valence-electron chi connectivity index (χ2n) is 5.87. The van der Waals surface area contributed by atoms with Gasteiger partial charge in [-0.15, -0.1) is 23.7 Å². The number of hydrogen-bond acceptors (Lipinski definition) is 4. The molecule has 4 nitrogen and oxygen atoms in total. The summed E-state index contributed by atoms with van der Waals surface area (Å²) in [6.45, 7) is 0. The molecule has 2 aromatic rings. The number of nitrogens with one attached hydrogen (secondary N) is 1. The van der Waals surface area contributed by atoms with Gasteiger partial charge in [-0.2, -0.15) is 0 Å². The van der Waals surface area contributed by atoms with Crippen molar-refractivity contribution in [3.05, 3.63) is 46.5 Å². The highest BCUT2D eigenvalue weighted by Crippen LogP contribution is 2.29. The zero-order chi connectivity index (χ0) is 16.4. The zero-order valence-corrected chi connectivity index (χ0v) is 14.5. The Bertz CT molecular complexity index is 732. The lowest BCUT2D eigenvalue weighted by atomic mass is 9.98. The molecule has 0 atom stereocenters. The number of nitrogens with zero attached hydrogens (tertiary/aromatic N) is 1. The highest BCUT2D eigenvalue weighted by Gasteiger charge is 2.37. The fraction of sp³-hybridized carbons (Fsp3) is 0.375. The zero-order valence-electron chi connectivity index (χ0n) is 12.9. The molecule has 130 valence electrons. The van der Waals surface area contributed by atoms with Crippen LogP contribution in [0.4, 0.5) is 13.9 Å². The largest absolute Gasteiger partial charge is 0.317 e. The molecule has 1 amide bonds. The molecule has 3 rings (SSSR count). The minimum atomic E-state index is -0.869. The number of hydrogen-bond donors (Lipinski definition) is 2. The van der Waals surface area contributed by atoms with Crippen LogP contribution in [0.5, 0.6) is 0 Å². The van der Waals surface area contributed by atoms with Gasteiger partial charge in [0.15, 0.2) is 16.8 Å². The quantitative estimate of drug-likeness (QED) is 0.859. The second kappa shape index (κ2) is 7.55. The van der Waals surface area contributed by atoms with Crippen LogP contribution >= 0.6 is 23.7 Å². The molecule has 1 heterocycles. The third-order valence-corrected chi connectivity index (χ3v) is 5.00. The normalized spacial score (nSPS) is 15.8. The number of aromatic nitrogens is 1. The van der Waals surface area contributed by atoms with Crippen LogP contribution in [0.15, 0.2) is 24.4 Å². The van der Waals surface area contributed by atoms with E-state index in [-0.39, 0.29) is 18.3 Å². The van der Waals surface area contributed by atoms with Crippen LogP contribution in [0, 0.1) is 11.6 Å². The van der Waals surface area contributed by atoms with Crippen LogP contribution in [-0.4, -0.2) is 16.4 Å². The van der Waals surface area contributed by atoms with Crippen LogP contribution in [0.25, 0.3) is 0 Å². The fourth-order valence-corrected chi connectivity index (χ4v) is 3.59. The fourth-order valence-electron chi connectivity index (χ4n) is 2.75. The maximum absolute atomic E-state index is 13.2. The van der Waals surface area contributed by atoms with E-state index in [1.807, 2.05) is 0 Å². The van der Waals surface area contributed by atoms with E-state index < -0.39 is 17.2 Å². The van der Waals surface area contributed by atoms with Crippen LogP contribution in [0.3, 0.4) is 0 Å². The molecule has 0 aliphatic heterocycles. The summed E-state index contributed by atoms with van der Waals surface area (Å²) in [5, 5.41) is 3.24. The second-order valence-corrected chi connectivity index (χ2v) is 6.99. The summed E-state index contributed by atoms with van der Waals surface area (Å²) in [5.74, 6) is -1.94. The molecule has 24 heavy (non-hydrogen) atoms. The summed E-state index contributed by atoms with van der Waals surface area (Å²) >= 11 is 1.31. The average Bonchev–Trinajstić information content (AvgIpc) is 3.13. The summed E-state index contributed by atoms with van der Waals surface area (Å²) in [6, 6.07) is 3.80. The van der Waals surface area contributed by atoms with Crippen molar-refractivity contribution in [1.29, 1.82) is 0 Å². The van der Waals surface area contributed by atoms with Gasteiger partial charge >= 0.3 is 0 Å². The molecule has 0 bridgehead atoms. The van der Waals surface area contributed by atoms with Gasteiger partial charge < -0.3 is 11.1 Å².